The van der Waals surface area contributed by atoms with Gasteiger partial charge in [0, 0.05) is 30.6 Å². The number of carbonyl (C=O) groups excluding carboxylic acids is 1. The molecule has 2 nitrogen and oxygen atoms in total. The van der Waals surface area contributed by atoms with Crippen LogP contribution in [0, 0.1) is 5.92 Å². The summed E-state index contributed by atoms with van der Waals surface area (Å²) in [6, 6.07) is 9.20. The molecule has 1 heterocycles. The third-order valence-electron chi connectivity index (χ3n) is 4.41. The Hall–Kier alpha value is -1.31. The standard InChI is InChI=1S/C17H25NO/c1-4-5-6-15-7-9-16(10-8-15)18-12-11-17(19)13(2)14(18)3/h7-10,13-14H,4-6,11-12H2,1-3H3. The number of rotatable bonds is 4. The van der Waals surface area contributed by atoms with Crippen molar-refractivity contribution in [1.82, 2.24) is 0 Å². The lowest BCUT2D eigenvalue weighted by atomic mass is 9.90. The molecule has 1 aliphatic heterocycles. The first-order chi connectivity index (χ1) is 9.13. The summed E-state index contributed by atoms with van der Waals surface area (Å²) in [5.41, 5.74) is 2.67. The number of ketones is 1. The van der Waals surface area contributed by atoms with Crippen LogP contribution in [0.4, 0.5) is 5.69 Å². The highest BCUT2D eigenvalue weighted by molar-refractivity contribution is 5.84. The second-order valence-electron chi connectivity index (χ2n) is 5.71. The van der Waals surface area contributed by atoms with E-state index in [0.717, 1.165) is 6.54 Å². The average molecular weight is 259 g/mol. The zero-order valence-corrected chi connectivity index (χ0v) is 12.4. The number of unbranched alkanes of at least 4 members (excludes halogenated alkanes) is 1. The number of piperidine rings is 1. The first-order valence-electron chi connectivity index (χ1n) is 7.51. The van der Waals surface area contributed by atoms with Crippen LogP contribution >= 0.6 is 0 Å². The molecule has 2 rings (SSSR count). The highest BCUT2D eigenvalue weighted by Crippen LogP contribution is 2.27. The van der Waals surface area contributed by atoms with Crippen molar-refractivity contribution in [3.05, 3.63) is 29.8 Å². The highest BCUT2D eigenvalue weighted by Gasteiger charge is 2.30. The second kappa shape index (κ2) is 6.23. The smallest absolute Gasteiger partial charge is 0.139 e. The van der Waals surface area contributed by atoms with Gasteiger partial charge in [0.1, 0.15) is 5.78 Å². The first kappa shape index (κ1) is 14.1. The molecule has 1 aromatic carbocycles. The quantitative estimate of drug-likeness (QED) is 0.819. The molecule has 0 spiro atoms. The first-order valence-corrected chi connectivity index (χ1v) is 7.51. The maximum atomic E-state index is 11.7. The Kier molecular flexibility index (Phi) is 4.62. The summed E-state index contributed by atoms with van der Waals surface area (Å²) >= 11 is 0. The van der Waals surface area contributed by atoms with Crippen molar-refractivity contribution in [2.75, 3.05) is 11.4 Å². The summed E-state index contributed by atoms with van der Waals surface area (Å²) in [7, 11) is 0. The molecule has 0 aliphatic carbocycles. The summed E-state index contributed by atoms with van der Waals surface area (Å²) < 4.78 is 0. The minimum absolute atomic E-state index is 0.147. The minimum Gasteiger partial charge on any atom is -0.368 e. The van der Waals surface area contributed by atoms with Crippen LogP contribution in [0.1, 0.15) is 45.6 Å². The van der Waals surface area contributed by atoms with Gasteiger partial charge in [0.2, 0.25) is 0 Å². The molecule has 0 saturated carbocycles. The molecular weight excluding hydrogens is 234 g/mol. The summed E-state index contributed by atoms with van der Waals surface area (Å²) in [4.78, 5) is 14.1. The lowest BCUT2D eigenvalue weighted by Gasteiger charge is -2.38. The number of nitrogens with zero attached hydrogens (tertiary/aromatic N) is 1. The summed E-state index contributed by atoms with van der Waals surface area (Å²) in [6.45, 7) is 7.29. The number of hydrogen-bond acceptors (Lipinski definition) is 2. The van der Waals surface area contributed by atoms with E-state index in [2.05, 4.69) is 49.9 Å². The van der Waals surface area contributed by atoms with Crippen molar-refractivity contribution in [2.45, 2.75) is 52.5 Å². The van der Waals surface area contributed by atoms with E-state index in [9.17, 15) is 4.79 Å². The van der Waals surface area contributed by atoms with Gasteiger partial charge in [-0.1, -0.05) is 32.4 Å². The lowest BCUT2D eigenvalue weighted by Crippen LogP contribution is -2.46. The van der Waals surface area contributed by atoms with E-state index in [4.69, 9.17) is 0 Å². The van der Waals surface area contributed by atoms with E-state index in [1.807, 2.05) is 0 Å². The van der Waals surface area contributed by atoms with Gasteiger partial charge in [-0.25, -0.2) is 0 Å². The molecule has 19 heavy (non-hydrogen) atoms. The van der Waals surface area contributed by atoms with Crippen molar-refractivity contribution in [2.24, 2.45) is 5.92 Å². The van der Waals surface area contributed by atoms with Gasteiger partial charge in [-0.15, -0.1) is 0 Å². The summed E-state index contributed by atoms with van der Waals surface area (Å²) in [6.07, 6.45) is 4.35. The molecule has 1 aliphatic rings. The fraction of sp³-hybridized carbons (Fsp3) is 0.588. The number of carbonyl (C=O) groups is 1. The van der Waals surface area contributed by atoms with Gasteiger partial charge in [0.25, 0.3) is 0 Å². The van der Waals surface area contributed by atoms with Crippen LogP contribution < -0.4 is 4.90 Å². The second-order valence-corrected chi connectivity index (χ2v) is 5.71. The van der Waals surface area contributed by atoms with Crippen LogP contribution in [0.2, 0.25) is 0 Å². The van der Waals surface area contributed by atoms with Crippen molar-refractivity contribution >= 4 is 11.5 Å². The molecule has 0 radical (unpaired) electrons. The van der Waals surface area contributed by atoms with Crippen LogP contribution in [-0.2, 0) is 11.2 Å². The minimum atomic E-state index is 0.147. The van der Waals surface area contributed by atoms with Crippen LogP contribution in [0.15, 0.2) is 24.3 Å². The number of hydrogen-bond donors (Lipinski definition) is 0. The van der Waals surface area contributed by atoms with E-state index in [-0.39, 0.29) is 5.92 Å². The molecule has 0 aromatic heterocycles. The maximum Gasteiger partial charge on any atom is 0.139 e. The van der Waals surface area contributed by atoms with Crippen LogP contribution in [0.25, 0.3) is 0 Å². The van der Waals surface area contributed by atoms with E-state index in [1.54, 1.807) is 0 Å². The summed E-state index contributed by atoms with van der Waals surface area (Å²) in [5, 5.41) is 0. The van der Waals surface area contributed by atoms with E-state index in [0.29, 0.717) is 18.2 Å². The van der Waals surface area contributed by atoms with Gasteiger partial charge < -0.3 is 4.90 Å². The highest BCUT2D eigenvalue weighted by atomic mass is 16.1. The monoisotopic (exact) mass is 259 g/mol. The van der Waals surface area contributed by atoms with Crippen molar-refractivity contribution in [3.63, 3.8) is 0 Å². The Bertz CT molecular complexity index is 423. The van der Waals surface area contributed by atoms with Gasteiger partial charge in [-0.3, -0.25) is 4.79 Å². The van der Waals surface area contributed by atoms with E-state index >= 15 is 0 Å². The number of Topliss-reactive ketones (excluding diaryl/α,β-unsaturated/α-hetero) is 1. The maximum absolute atomic E-state index is 11.7. The normalized spacial score (nSPS) is 23.7. The molecule has 0 amide bonds. The van der Waals surface area contributed by atoms with Crippen molar-refractivity contribution < 1.29 is 4.79 Å². The molecule has 1 saturated heterocycles. The predicted molar refractivity (Wildman–Crippen MR) is 80.7 cm³/mol. The topological polar surface area (TPSA) is 20.3 Å². The van der Waals surface area contributed by atoms with E-state index in [1.165, 1.54) is 30.5 Å². The molecular formula is C17H25NO. The molecule has 0 bridgehead atoms. The Morgan fingerprint density at radius 1 is 1.21 bits per heavy atom. The Morgan fingerprint density at radius 3 is 2.53 bits per heavy atom. The molecule has 2 atom stereocenters. The molecule has 2 unspecified atom stereocenters. The Balaban J connectivity index is 2.07. The van der Waals surface area contributed by atoms with Crippen molar-refractivity contribution in [3.8, 4) is 0 Å². The molecule has 1 fully saturated rings. The lowest BCUT2D eigenvalue weighted by molar-refractivity contribution is -0.123. The molecule has 104 valence electrons. The number of anilines is 1. The molecule has 1 aromatic rings. The Labute approximate surface area is 116 Å². The number of aryl methyl sites for hydroxylation is 1. The van der Waals surface area contributed by atoms with Crippen molar-refractivity contribution in [1.29, 1.82) is 0 Å². The van der Waals surface area contributed by atoms with Gasteiger partial charge in [-0.05, 0) is 37.5 Å². The van der Waals surface area contributed by atoms with E-state index < -0.39 is 0 Å². The molecule has 2 heteroatoms. The number of benzene rings is 1. The van der Waals surface area contributed by atoms with Gasteiger partial charge in [-0.2, -0.15) is 0 Å². The average Bonchev–Trinajstić information content (AvgIpc) is 2.44. The Morgan fingerprint density at radius 2 is 1.89 bits per heavy atom. The largest absolute Gasteiger partial charge is 0.368 e. The van der Waals surface area contributed by atoms with Gasteiger partial charge in [0.15, 0.2) is 0 Å². The van der Waals surface area contributed by atoms with Gasteiger partial charge in [0.05, 0.1) is 0 Å². The fourth-order valence-electron chi connectivity index (χ4n) is 2.80. The SMILES string of the molecule is CCCCc1ccc(N2CCC(=O)C(C)C2C)cc1. The van der Waals surface area contributed by atoms with Crippen LogP contribution in [-0.4, -0.2) is 18.4 Å². The third-order valence-corrected chi connectivity index (χ3v) is 4.41. The zero-order valence-electron chi connectivity index (χ0n) is 12.4. The molecule has 0 N–H and O–H groups in total. The fourth-order valence-corrected chi connectivity index (χ4v) is 2.80. The van der Waals surface area contributed by atoms with Crippen LogP contribution in [0.5, 0.6) is 0 Å². The van der Waals surface area contributed by atoms with Crippen LogP contribution in [0.3, 0.4) is 0 Å². The van der Waals surface area contributed by atoms with Gasteiger partial charge >= 0.3 is 0 Å². The third kappa shape index (κ3) is 3.17. The predicted octanol–water partition coefficient (Wildman–Crippen LogP) is 3.83. The zero-order chi connectivity index (χ0) is 13.8. The summed E-state index contributed by atoms with van der Waals surface area (Å²) in [5.74, 6) is 0.553.